The lowest BCUT2D eigenvalue weighted by Gasteiger charge is -2.29. The van der Waals surface area contributed by atoms with Gasteiger partial charge in [-0.3, -0.25) is 4.79 Å². The van der Waals surface area contributed by atoms with Gasteiger partial charge in [-0.2, -0.15) is 0 Å². The van der Waals surface area contributed by atoms with Crippen LogP contribution >= 0.6 is 0 Å². The van der Waals surface area contributed by atoms with E-state index in [1.165, 1.54) is 16.1 Å². The molecular formula is C20H24N2O5+2. The van der Waals surface area contributed by atoms with Crippen molar-refractivity contribution in [1.29, 1.82) is 0 Å². The third-order valence-electron chi connectivity index (χ3n) is 5.29. The van der Waals surface area contributed by atoms with Crippen molar-refractivity contribution in [2.45, 2.75) is 6.54 Å². The van der Waals surface area contributed by atoms with Gasteiger partial charge in [0.25, 0.3) is 0 Å². The van der Waals surface area contributed by atoms with Crippen molar-refractivity contribution in [1.82, 2.24) is 0 Å². The predicted molar refractivity (Wildman–Crippen MR) is 96.8 cm³/mol. The maximum absolute atomic E-state index is 12.6. The lowest BCUT2D eigenvalue weighted by atomic mass is 10.0. The first-order valence-electron chi connectivity index (χ1n) is 9.26. The van der Waals surface area contributed by atoms with Crippen LogP contribution in [-0.2, 0) is 6.54 Å². The molecule has 0 amide bonds. The molecule has 3 heterocycles. The maximum Gasteiger partial charge on any atom is 0.232 e. The molecule has 4 N–H and O–H groups in total. The molecule has 0 radical (unpaired) electrons. The minimum atomic E-state index is -0.199. The average molecular weight is 372 g/mol. The summed E-state index contributed by atoms with van der Waals surface area (Å²) in [5, 5.41) is 19.5. The molecule has 0 atom stereocenters. The molecule has 4 rings (SSSR count). The number of aromatic hydroxyl groups is 1. The Bertz CT molecular complexity index is 852. The molecule has 2 aliphatic rings. The number of hydrogen-bond donors (Lipinski definition) is 4. The molecule has 1 aromatic carbocycles. The minimum absolute atomic E-state index is 0.151. The van der Waals surface area contributed by atoms with Gasteiger partial charge in [-0.15, -0.1) is 0 Å². The number of aliphatic hydroxyl groups is 1. The van der Waals surface area contributed by atoms with E-state index in [1.807, 2.05) is 0 Å². The number of aliphatic hydroxyl groups excluding tert-OH is 1. The number of benzene rings is 1. The Labute approximate surface area is 157 Å². The first-order valence-corrected chi connectivity index (χ1v) is 9.26. The van der Waals surface area contributed by atoms with Crippen LogP contribution in [0.3, 0.4) is 0 Å². The molecule has 1 saturated heterocycles. The number of allylic oxidation sites excluding steroid dienone is 1. The Morgan fingerprint density at radius 2 is 1.89 bits per heavy atom. The van der Waals surface area contributed by atoms with Crippen molar-refractivity contribution in [3.8, 4) is 11.5 Å². The summed E-state index contributed by atoms with van der Waals surface area (Å²) in [6.45, 7) is 5.44. The number of quaternary nitrogens is 2. The lowest BCUT2D eigenvalue weighted by molar-refractivity contribution is -1.02. The minimum Gasteiger partial charge on any atom is -0.507 e. The van der Waals surface area contributed by atoms with Crippen molar-refractivity contribution in [2.24, 2.45) is 0 Å². The molecule has 2 aromatic rings. The van der Waals surface area contributed by atoms with Gasteiger partial charge in [0, 0.05) is 6.08 Å². The molecule has 1 aromatic heterocycles. The largest absolute Gasteiger partial charge is 0.507 e. The number of phenols is 1. The fraction of sp³-hybridized carbons (Fsp3) is 0.350. The number of carbonyl (C=O) groups excluding carboxylic acids is 1. The van der Waals surface area contributed by atoms with Crippen molar-refractivity contribution >= 4 is 11.9 Å². The van der Waals surface area contributed by atoms with Crippen LogP contribution in [0.4, 0.5) is 0 Å². The number of rotatable bonds is 5. The van der Waals surface area contributed by atoms with Crippen molar-refractivity contribution < 1.29 is 34.0 Å². The van der Waals surface area contributed by atoms with Crippen LogP contribution in [-0.4, -0.2) is 55.3 Å². The summed E-state index contributed by atoms with van der Waals surface area (Å²) in [4.78, 5) is 15.4. The Kier molecular flexibility index (Phi) is 4.98. The molecule has 0 aliphatic carbocycles. The molecule has 0 saturated carbocycles. The number of furan rings is 1. The van der Waals surface area contributed by atoms with E-state index < -0.39 is 0 Å². The zero-order chi connectivity index (χ0) is 18.8. The number of fused-ring (bicyclic) bond motifs is 1. The number of ether oxygens (including phenoxy) is 1. The number of phenolic OH excluding ortho intramolecular Hbond substituents is 1. The number of ketones is 1. The molecule has 0 unspecified atom stereocenters. The fourth-order valence-electron chi connectivity index (χ4n) is 3.76. The van der Waals surface area contributed by atoms with Gasteiger partial charge in [0.1, 0.15) is 50.8 Å². The highest BCUT2D eigenvalue weighted by molar-refractivity contribution is 6.14. The van der Waals surface area contributed by atoms with Gasteiger partial charge < -0.3 is 29.2 Å². The summed E-state index contributed by atoms with van der Waals surface area (Å²) < 4.78 is 11.1. The van der Waals surface area contributed by atoms with E-state index in [0.29, 0.717) is 29.2 Å². The van der Waals surface area contributed by atoms with Crippen LogP contribution < -0.4 is 14.5 Å². The van der Waals surface area contributed by atoms with Gasteiger partial charge in [-0.05, 0) is 24.3 Å². The van der Waals surface area contributed by atoms with Crippen LogP contribution in [0, 0.1) is 0 Å². The Hall–Kier alpha value is -2.61. The molecule has 7 heteroatoms. The number of hydrogen-bond acceptors (Lipinski definition) is 5. The maximum atomic E-state index is 12.6. The van der Waals surface area contributed by atoms with Crippen LogP contribution in [0.2, 0.25) is 0 Å². The summed E-state index contributed by atoms with van der Waals surface area (Å²) in [6.07, 6.45) is 3.12. The van der Waals surface area contributed by atoms with Gasteiger partial charge in [0.15, 0.2) is 11.5 Å². The summed E-state index contributed by atoms with van der Waals surface area (Å²) in [5.74, 6) is 1.16. The highest BCUT2D eigenvalue weighted by Gasteiger charge is 2.33. The van der Waals surface area contributed by atoms with Gasteiger partial charge >= 0.3 is 0 Å². The van der Waals surface area contributed by atoms with Crippen molar-refractivity contribution in [3.63, 3.8) is 0 Å². The average Bonchev–Trinajstić information content (AvgIpc) is 3.28. The lowest BCUT2D eigenvalue weighted by Crippen LogP contribution is -3.27. The molecule has 1 fully saturated rings. The monoisotopic (exact) mass is 372 g/mol. The van der Waals surface area contributed by atoms with Gasteiger partial charge in [0.2, 0.25) is 5.78 Å². The van der Waals surface area contributed by atoms with E-state index in [1.54, 1.807) is 30.3 Å². The van der Waals surface area contributed by atoms with E-state index in [2.05, 4.69) is 0 Å². The third-order valence-corrected chi connectivity index (χ3v) is 5.29. The van der Waals surface area contributed by atoms with E-state index in [9.17, 15) is 9.90 Å². The van der Waals surface area contributed by atoms with Crippen LogP contribution in [0.15, 0.2) is 40.7 Å². The van der Waals surface area contributed by atoms with Crippen molar-refractivity contribution in [2.75, 3.05) is 39.3 Å². The molecule has 142 valence electrons. The second-order valence-corrected chi connectivity index (χ2v) is 7.05. The van der Waals surface area contributed by atoms with Crippen molar-refractivity contribution in [3.05, 3.63) is 53.2 Å². The first kappa shape index (κ1) is 17.8. The highest BCUT2D eigenvalue weighted by atomic mass is 16.5. The molecule has 0 bridgehead atoms. The first-order chi connectivity index (χ1) is 13.2. The Morgan fingerprint density at radius 1 is 1.11 bits per heavy atom. The predicted octanol–water partition coefficient (Wildman–Crippen LogP) is -1.12. The molecular weight excluding hydrogens is 348 g/mol. The molecule has 2 aliphatic heterocycles. The zero-order valence-corrected chi connectivity index (χ0v) is 15.0. The number of carbonyl (C=O) groups is 1. The highest BCUT2D eigenvalue weighted by Crippen LogP contribution is 2.39. The van der Waals surface area contributed by atoms with E-state index in [0.717, 1.165) is 32.7 Å². The second kappa shape index (κ2) is 7.56. The second-order valence-electron chi connectivity index (χ2n) is 7.05. The standard InChI is InChI=1S/C20H22N2O5/c23-10-9-21-5-7-22(8-6-21)13-16-17(24)4-3-15-19(25)18(27-20(15)16)12-14-2-1-11-26-14/h1-4,11-12,23-24H,5-10,13H2/p+2/b18-12-. The summed E-state index contributed by atoms with van der Waals surface area (Å²) in [5.41, 5.74) is 1.15. The number of piperazine rings is 1. The quantitative estimate of drug-likeness (QED) is 0.500. The SMILES string of the molecule is O=C1/C(=C/c2ccco2)Oc2c1ccc(O)c2C[NH+]1CC[NH+](CCO)CC1. The van der Waals surface area contributed by atoms with E-state index in [-0.39, 0.29) is 23.9 Å². The molecule has 7 nitrogen and oxygen atoms in total. The summed E-state index contributed by atoms with van der Waals surface area (Å²) in [6, 6.07) is 6.68. The van der Waals surface area contributed by atoms with E-state index >= 15 is 0 Å². The summed E-state index contributed by atoms with van der Waals surface area (Å²) in [7, 11) is 0. The third kappa shape index (κ3) is 3.62. The molecule has 0 spiro atoms. The smallest absolute Gasteiger partial charge is 0.232 e. The summed E-state index contributed by atoms with van der Waals surface area (Å²) >= 11 is 0. The Balaban J connectivity index is 1.54. The van der Waals surface area contributed by atoms with Crippen LogP contribution in [0.25, 0.3) is 6.08 Å². The van der Waals surface area contributed by atoms with E-state index in [4.69, 9.17) is 14.3 Å². The topological polar surface area (TPSA) is 88.8 Å². The fourth-order valence-corrected chi connectivity index (χ4v) is 3.76. The van der Waals surface area contributed by atoms with Gasteiger partial charge in [0.05, 0.1) is 24.0 Å². The Morgan fingerprint density at radius 3 is 2.59 bits per heavy atom. The zero-order valence-electron chi connectivity index (χ0n) is 15.0. The number of Topliss-reactive ketones (excluding diaryl/α,β-unsaturated/α-hetero) is 1. The van der Waals surface area contributed by atoms with Gasteiger partial charge in [-0.25, -0.2) is 0 Å². The van der Waals surface area contributed by atoms with Crippen LogP contribution in [0.1, 0.15) is 21.7 Å². The normalized spacial score (nSPS) is 23.4. The van der Waals surface area contributed by atoms with Gasteiger partial charge in [-0.1, -0.05) is 0 Å². The number of nitrogens with one attached hydrogen (secondary N) is 2. The molecule has 27 heavy (non-hydrogen) atoms. The van der Waals surface area contributed by atoms with Crippen LogP contribution in [0.5, 0.6) is 11.5 Å².